The minimum atomic E-state index is -3.39. The van der Waals surface area contributed by atoms with Gasteiger partial charge in [-0.2, -0.15) is 0 Å². The van der Waals surface area contributed by atoms with Crippen molar-refractivity contribution in [3.8, 4) is 0 Å². The zero-order valence-electron chi connectivity index (χ0n) is 15.2. The van der Waals surface area contributed by atoms with E-state index in [9.17, 15) is 18.0 Å². The number of carbonyl (C=O) groups excluding carboxylic acids is 1. The van der Waals surface area contributed by atoms with Gasteiger partial charge < -0.3 is 4.90 Å². The van der Waals surface area contributed by atoms with E-state index < -0.39 is 21.5 Å². The molecule has 10 heteroatoms. The number of H-pyrrole nitrogens is 1. The van der Waals surface area contributed by atoms with Crippen molar-refractivity contribution in [2.75, 3.05) is 19.3 Å². The van der Waals surface area contributed by atoms with Gasteiger partial charge in [-0.3, -0.25) is 14.7 Å². The van der Waals surface area contributed by atoms with Gasteiger partial charge >= 0.3 is 0 Å². The highest BCUT2D eigenvalue weighted by Gasteiger charge is 2.39. The molecule has 26 heavy (non-hydrogen) atoms. The Labute approximate surface area is 151 Å². The van der Waals surface area contributed by atoms with Crippen molar-refractivity contribution >= 4 is 21.6 Å². The number of hydrogen-bond donors (Lipinski definition) is 2. The van der Waals surface area contributed by atoms with E-state index >= 15 is 0 Å². The zero-order chi connectivity index (χ0) is 19.2. The summed E-state index contributed by atoms with van der Waals surface area (Å²) in [4.78, 5) is 31.2. The Hall–Kier alpha value is -2.20. The van der Waals surface area contributed by atoms with E-state index in [1.54, 1.807) is 13.0 Å². The second-order valence-corrected chi connectivity index (χ2v) is 9.00. The number of sulfonamides is 1. The van der Waals surface area contributed by atoms with Crippen LogP contribution in [0.4, 0.5) is 0 Å². The van der Waals surface area contributed by atoms with E-state index in [0.717, 1.165) is 11.9 Å². The lowest BCUT2D eigenvalue weighted by Gasteiger charge is -2.21. The van der Waals surface area contributed by atoms with Crippen molar-refractivity contribution in [1.29, 1.82) is 0 Å². The van der Waals surface area contributed by atoms with Crippen molar-refractivity contribution in [3.05, 3.63) is 33.9 Å². The molecule has 1 amide bonds. The zero-order valence-corrected chi connectivity index (χ0v) is 16.0. The van der Waals surface area contributed by atoms with Crippen LogP contribution in [-0.4, -0.2) is 59.2 Å². The van der Waals surface area contributed by atoms with Crippen LogP contribution in [-0.2, 0) is 10.0 Å². The minimum Gasteiger partial charge on any atom is -0.336 e. The van der Waals surface area contributed by atoms with Crippen LogP contribution in [0.5, 0.6) is 0 Å². The second-order valence-electron chi connectivity index (χ2n) is 7.22. The first kappa shape index (κ1) is 18.6. The molecule has 2 aromatic rings. The Kier molecular flexibility index (Phi) is 4.65. The molecule has 3 heterocycles. The largest absolute Gasteiger partial charge is 0.336 e. The summed E-state index contributed by atoms with van der Waals surface area (Å²) in [5, 5.41) is 2.86. The molecule has 0 unspecified atom stereocenters. The molecule has 142 valence electrons. The molecule has 0 bridgehead atoms. The summed E-state index contributed by atoms with van der Waals surface area (Å²) in [6.45, 7) is 6.38. The van der Waals surface area contributed by atoms with Crippen LogP contribution in [0.25, 0.3) is 5.65 Å². The smallest absolute Gasteiger partial charge is 0.285 e. The molecule has 0 radical (unpaired) electrons. The summed E-state index contributed by atoms with van der Waals surface area (Å²) >= 11 is 0. The van der Waals surface area contributed by atoms with Gasteiger partial charge in [0.1, 0.15) is 5.56 Å². The first-order valence-electron chi connectivity index (χ1n) is 8.41. The van der Waals surface area contributed by atoms with Crippen molar-refractivity contribution in [3.63, 3.8) is 0 Å². The van der Waals surface area contributed by atoms with Gasteiger partial charge in [0.05, 0.1) is 6.26 Å². The standard InChI is InChI=1S/C16H23N5O4S/c1-9(2)12-7-20(8-13(12)19-26(4,24)25)15(22)11-6-17-14-5-10(3)18-21(14)16(11)23/h5-6,9,12-13,18-19H,7-8H2,1-4H3/t12-,13+/m0/s1. The number of aromatic nitrogens is 3. The van der Waals surface area contributed by atoms with Crippen LogP contribution in [0, 0.1) is 18.8 Å². The van der Waals surface area contributed by atoms with Gasteiger partial charge in [0.2, 0.25) is 10.0 Å². The third-order valence-electron chi connectivity index (χ3n) is 4.73. The lowest BCUT2D eigenvalue weighted by molar-refractivity contribution is 0.0780. The Morgan fingerprint density at radius 2 is 2.08 bits per heavy atom. The molecule has 2 N–H and O–H groups in total. The summed E-state index contributed by atoms with van der Waals surface area (Å²) < 4.78 is 27.1. The molecule has 1 saturated heterocycles. The fourth-order valence-corrected chi connectivity index (χ4v) is 4.27. The summed E-state index contributed by atoms with van der Waals surface area (Å²) in [5.41, 5.74) is 0.709. The molecule has 1 aliphatic rings. The van der Waals surface area contributed by atoms with Gasteiger partial charge in [0.15, 0.2) is 5.65 Å². The maximum absolute atomic E-state index is 12.9. The quantitative estimate of drug-likeness (QED) is 0.772. The number of fused-ring (bicyclic) bond motifs is 1. The van der Waals surface area contributed by atoms with E-state index in [1.165, 1.54) is 15.6 Å². The summed E-state index contributed by atoms with van der Waals surface area (Å²) in [6, 6.07) is 1.34. The fraction of sp³-hybridized carbons (Fsp3) is 0.562. The summed E-state index contributed by atoms with van der Waals surface area (Å²) in [6.07, 6.45) is 2.39. The predicted molar refractivity (Wildman–Crippen MR) is 96.5 cm³/mol. The number of aromatic amines is 1. The van der Waals surface area contributed by atoms with Crippen LogP contribution in [0.2, 0.25) is 0 Å². The molecule has 0 aromatic carbocycles. The number of nitrogens with one attached hydrogen (secondary N) is 2. The molecular formula is C16H23N5O4S. The number of nitrogens with zero attached hydrogens (tertiary/aromatic N) is 3. The van der Waals surface area contributed by atoms with Gasteiger partial charge in [-0.25, -0.2) is 22.6 Å². The number of likely N-dealkylation sites (tertiary alicyclic amines) is 1. The first-order chi connectivity index (χ1) is 12.1. The third-order valence-corrected chi connectivity index (χ3v) is 5.46. The molecule has 9 nitrogen and oxygen atoms in total. The van der Waals surface area contributed by atoms with E-state index in [0.29, 0.717) is 12.2 Å². The number of carbonyl (C=O) groups is 1. The monoisotopic (exact) mass is 381 g/mol. The van der Waals surface area contributed by atoms with Gasteiger partial charge in [-0.1, -0.05) is 13.8 Å². The molecular weight excluding hydrogens is 358 g/mol. The molecule has 1 fully saturated rings. The minimum absolute atomic E-state index is 0.0270. The van der Waals surface area contributed by atoms with E-state index in [2.05, 4.69) is 14.8 Å². The molecule has 2 aromatic heterocycles. The molecule has 3 rings (SSSR count). The fourth-order valence-electron chi connectivity index (χ4n) is 3.47. The van der Waals surface area contributed by atoms with Gasteiger partial charge in [0, 0.05) is 37.1 Å². The molecule has 0 aliphatic carbocycles. The Morgan fingerprint density at radius 1 is 1.38 bits per heavy atom. The van der Waals surface area contributed by atoms with Crippen LogP contribution >= 0.6 is 0 Å². The highest BCUT2D eigenvalue weighted by atomic mass is 32.2. The van der Waals surface area contributed by atoms with Crippen LogP contribution in [0.3, 0.4) is 0 Å². The third kappa shape index (κ3) is 3.51. The first-order valence-corrected chi connectivity index (χ1v) is 10.3. The molecule has 0 spiro atoms. The van der Waals surface area contributed by atoms with Gasteiger partial charge in [0.25, 0.3) is 11.5 Å². The topological polar surface area (TPSA) is 117 Å². The number of aryl methyl sites for hydroxylation is 1. The highest BCUT2D eigenvalue weighted by Crippen LogP contribution is 2.25. The van der Waals surface area contributed by atoms with Crippen molar-refractivity contribution < 1.29 is 13.2 Å². The Bertz CT molecular complexity index is 1010. The van der Waals surface area contributed by atoms with Gasteiger partial charge in [-0.05, 0) is 18.8 Å². The summed E-state index contributed by atoms with van der Waals surface area (Å²) in [7, 11) is -3.39. The maximum atomic E-state index is 12.9. The highest BCUT2D eigenvalue weighted by molar-refractivity contribution is 7.88. The van der Waals surface area contributed by atoms with E-state index in [4.69, 9.17) is 0 Å². The second kappa shape index (κ2) is 6.51. The number of hydrogen-bond acceptors (Lipinski definition) is 5. The van der Waals surface area contributed by atoms with Crippen molar-refractivity contribution in [2.45, 2.75) is 26.8 Å². The molecule has 1 aliphatic heterocycles. The average molecular weight is 381 g/mol. The van der Waals surface area contributed by atoms with Crippen LogP contribution in [0.15, 0.2) is 17.1 Å². The number of amides is 1. The molecule has 0 saturated carbocycles. The maximum Gasteiger partial charge on any atom is 0.285 e. The average Bonchev–Trinajstić information content (AvgIpc) is 3.09. The summed E-state index contributed by atoms with van der Waals surface area (Å²) in [5.74, 6) is -0.284. The van der Waals surface area contributed by atoms with Crippen molar-refractivity contribution in [1.82, 2.24) is 24.2 Å². The Balaban J connectivity index is 1.90. The van der Waals surface area contributed by atoms with Crippen LogP contribution < -0.4 is 10.3 Å². The van der Waals surface area contributed by atoms with Crippen molar-refractivity contribution in [2.24, 2.45) is 11.8 Å². The normalized spacial score (nSPS) is 21.0. The van der Waals surface area contributed by atoms with Gasteiger partial charge in [-0.15, -0.1) is 0 Å². The van der Waals surface area contributed by atoms with Crippen LogP contribution in [0.1, 0.15) is 29.9 Å². The Morgan fingerprint density at radius 3 is 2.69 bits per heavy atom. The number of rotatable bonds is 4. The molecule has 2 atom stereocenters. The predicted octanol–water partition coefficient (Wildman–Crippen LogP) is -0.0232. The van der Waals surface area contributed by atoms with E-state index in [-0.39, 0.29) is 30.0 Å². The lowest BCUT2D eigenvalue weighted by Crippen LogP contribution is -2.42. The SMILES string of the molecule is Cc1cc2ncc(C(=O)N3C[C@@H](NS(C)(=O)=O)[C@H](C(C)C)C3)c(=O)n2[nH]1. The van der Waals surface area contributed by atoms with E-state index in [1.807, 2.05) is 13.8 Å². The lowest BCUT2D eigenvalue weighted by atomic mass is 9.92.